The highest BCUT2D eigenvalue weighted by molar-refractivity contribution is 5.67. The van der Waals surface area contributed by atoms with Gasteiger partial charge in [0.1, 0.15) is 0 Å². The average molecular weight is 213 g/mol. The lowest BCUT2D eigenvalue weighted by molar-refractivity contribution is 0.0805. The summed E-state index contributed by atoms with van der Waals surface area (Å²) in [5, 5.41) is 0. The van der Waals surface area contributed by atoms with E-state index in [1.165, 1.54) is 0 Å². The summed E-state index contributed by atoms with van der Waals surface area (Å²) in [7, 11) is 0. The molecule has 2 rings (SSSR count). The molecule has 0 aromatic heterocycles. The number of unbranched alkanes of at least 4 members (excludes halogenated alkanes) is 1. The summed E-state index contributed by atoms with van der Waals surface area (Å²) in [6.07, 6.45) is 3.79. The molecule has 15 heavy (non-hydrogen) atoms. The Hall–Kier alpha value is -0.770. The molecule has 0 atom stereocenters. The van der Waals surface area contributed by atoms with Crippen LogP contribution in [0.5, 0.6) is 0 Å². The van der Waals surface area contributed by atoms with Gasteiger partial charge in [-0.05, 0) is 19.3 Å². The van der Waals surface area contributed by atoms with E-state index < -0.39 is 0 Å². The topological polar surface area (TPSA) is 42.1 Å². The van der Waals surface area contributed by atoms with E-state index in [1.54, 1.807) is 4.90 Å². The molecule has 2 heterocycles. The molecule has 0 radical (unpaired) electrons. The van der Waals surface area contributed by atoms with Crippen LogP contribution in [0.3, 0.4) is 0 Å². The zero-order valence-corrected chi connectivity index (χ0v) is 9.33. The molecular weight excluding hydrogens is 194 g/mol. The van der Waals surface area contributed by atoms with Crippen molar-refractivity contribution in [2.75, 3.05) is 26.3 Å². The molecule has 1 spiro atoms. The second-order valence-corrected chi connectivity index (χ2v) is 4.43. The Balaban J connectivity index is 1.67. The van der Waals surface area contributed by atoms with Crippen molar-refractivity contribution in [1.82, 2.24) is 4.90 Å². The summed E-state index contributed by atoms with van der Waals surface area (Å²) in [6.45, 7) is 5.08. The minimum Gasteiger partial charge on any atom is -0.449 e. The van der Waals surface area contributed by atoms with E-state index in [0.717, 1.165) is 45.4 Å². The van der Waals surface area contributed by atoms with Crippen LogP contribution >= 0.6 is 0 Å². The van der Waals surface area contributed by atoms with Gasteiger partial charge >= 0.3 is 6.09 Å². The predicted molar refractivity (Wildman–Crippen MR) is 55.7 cm³/mol. The van der Waals surface area contributed by atoms with Crippen LogP contribution in [0.2, 0.25) is 0 Å². The third-order valence-corrected chi connectivity index (χ3v) is 3.21. The summed E-state index contributed by atoms with van der Waals surface area (Å²) < 4.78 is 10.5. The van der Waals surface area contributed by atoms with Crippen LogP contribution in [0.4, 0.5) is 4.79 Å². The molecule has 0 aromatic rings. The molecule has 2 aliphatic rings. The number of nitrogens with zero attached hydrogens (tertiary/aromatic N) is 1. The van der Waals surface area contributed by atoms with Crippen molar-refractivity contribution in [2.24, 2.45) is 0 Å². The number of hydrogen-bond acceptors (Lipinski definition) is 3. The van der Waals surface area contributed by atoms with Crippen LogP contribution in [-0.4, -0.2) is 42.9 Å². The molecule has 1 amide bonds. The molecule has 2 aliphatic heterocycles. The lowest BCUT2D eigenvalue weighted by Gasteiger charge is -2.29. The Morgan fingerprint density at radius 2 is 2.13 bits per heavy atom. The van der Waals surface area contributed by atoms with E-state index in [-0.39, 0.29) is 11.7 Å². The number of piperidine rings is 1. The van der Waals surface area contributed by atoms with E-state index >= 15 is 0 Å². The molecule has 2 fully saturated rings. The molecular formula is C11H19NO3. The van der Waals surface area contributed by atoms with Gasteiger partial charge in [0.05, 0.1) is 18.8 Å². The van der Waals surface area contributed by atoms with Crippen molar-refractivity contribution in [1.29, 1.82) is 0 Å². The van der Waals surface area contributed by atoms with Crippen molar-refractivity contribution in [3.63, 3.8) is 0 Å². The smallest absolute Gasteiger partial charge is 0.409 e. The van der Waals surface area contributed by atoms with Crippen LogP contribution in [0.25, 0.3) is 0 Å². The minimum absolute atomic E-state index is 0.139. The molecule has 86 valence electrons. The summed E-state index contributed by atoms with van der Waals surface area (Å²) in [6, 6.07) is 0. The number of carbonyl (C=O) groups excluding carboxylic acids is 1. The van der Waals surface area contributed by atoms with E-state index in [4.69, 9.17) is 9.47 Å². The maximum atomic E-state index is 11.6. The number of carbonyl (C=O) groups is 1. The first-order valence-corrected chi connectivity index (χ1v) is 5.81. The van der Waals surface area contributed by atoms with E-state index in [2.05, 4.69) is 6.92 Å². The zero-order valence-electron chi connectivity index (χ0n) is 9.33. The standard InChI is InChI=1S/C11H19NO3/c1-2-3-8-14-10(13)12-6-4-11(5-7-12)9-15-11/h2-9H2,1H3. The van der Waals surface area contributed by atoms with Gasteiger partial charge in [-0.25, -0.2) is 4.79 Å². The van der Waals surface area contributed by atoms with Gasteiger partial charge in [0.15, 0.2) is 0 Å². The van der Waals surface area contributed by atoms with Gasteiger partial charge < -0.3 is 14.4 Å². The van der Waals surface area contributed by atoms with E-state index in [0.29, 0.717) is 6.61 Å². The number of ether oxygens (including phenoxy) is 2. The van der Waals surface area contributed by atoms with Gasteiger partial charge in [0, 0.05) is 13.1 Å². The van der Waals surface area contributed by atoms with Gasteiger partial charge in [-0.15, -0.1) is 0 Å². The fourth-order valence-corrected chi connectivity index (χ4v) is 1.88. The Morgan fingerprint density at radius 1 is 1.47 bits per heavy atom. The summed E-state index contributed by atoms with van der Waals surface area (Å²) in [5.74, 6) is 0. The third kappa shape index (κ3) is 2.62. The second-order valence-electron chi connectivity index (χ2n) is 4.43. The number of epoxide rings is 1. The Labute approximate surface area is 90.5 Å². The first kappa shape index (κ1) is 10.7. The van der Waals surface area contributed by atoms with Crippen LogP contribution < -0.4 is 0 Å². The number of amides is 1. The van der Waals surface area contributed by atoms with Crippen molar-refractivity contribution in [3.8, 4) is 0 Å². The van der Waals surface area contributed by atoms with Gasteiger partial charge in [-0.1, -0.05) is 13.3 Å². The SMILES string of the molecule is CCCCOC(=O)N1CCC2(CC1)CO2. The third-order valence-electron chi connectivity index (χ3n) is 3.21. The lowest BCUT2D eigenvalue weighted by atomic mass is 9.98. The van der Waals surface area contributed by atoms with Crippen LogP contribution in [0.15, 0.2) is 0 Å². The predicted octanol–water partition coefficient (Wildman–Crippen LogP) is 1.79. The van der Waals surface area contributed by atoms with E-state index in [9.17, 15) is 4.79 Å². The average Bonchev–Trinajstić information content (AvgIpc) is 2.99. The highest BCUT2D eigenvalue weighted by Gasteiger charge is 2.47. The fraction of sp³-hybridized carbons (Fsp3) is 0.909. The number of likely N-dealkylation sites (tertiary alicyclic amines) is 1. The van der Waals surface area contributed by atoms with Crippen LogP contribution in [0, 0.1) is 0 Å². The second kappa shape index (κ2) is 4.39. The first-order chi connectivity index (χ1) is 7.26. The van der Waals surface area contributed by atoms with Crippen molar-refractivity contribution in [2.45, 2.75) is 38.2 Å². The number of rotatable bonds is 3. The van der Waals surface area contributed by atoms with E-state index in [1.807, 2.05) is 0 Å². The first-order valence-electron chi connectivity index (χ1n) is 5.81. The molecule has 4 heteroatoms. The van der Waals surface area contributed by atoms with Gasteiger partial charge in [-0.3, -0.25) is 0 Å². The molecule has 0 N–H and O–H groups in total. The maximum absolute atomic E-state index is 11.6. The van der Waals surface area contributed by atoms with Gasteiger partial charge in [0.25, 0.3) is 0 Å². The number of hydrogen-bond donors (Lipinski definition) is 0. The summed E-state index contributed by atoms with van der Waals surface area (Å²) in [4.78, 5) is 13.4. The van der Waals surface area contributed by atoms with Gasteiger partial charge in [-0.2, -0.15) is 0 Å². The van der Waals surface area contributed by atoms with Crippen molar-refractivity contribution in [3.05, 3.63) is 0 Å². The molecule has 0 aromatic carbocycles. The molecule has 0 aliphatic carbocycles. The largest absolute Gasteiger partial charge is 0.449 e. The van der Waals surface area contributed by atoms with Gasteiger partial charge in [0.2, 0.25) is 0 Å². The molecule has 2 saturated heterocycles. The maximum Gasteiger partial charge on any atom is 0.409 e. The van der Waals surface area contributed by atoms with Crippen LogP contribution in [0.1, 0.15) is 32.6 Å². The summed E-state index contributed by atoms with van der Waals surface area (Å²) in [5.41, 5.74) is 0.139. The Kier molecular flexibility index (Phi) is 3.14. The van der Waals surface area contributed by atoms with Crippen LogP contribution in [-0.2, 0) is 9.47 Å². The lowest BCUT2D eigenvalue weighted by Crippen LogP contribution is -2.41. The van der Waals surface area contributed by atoms with Crippen molar-refractivity contribution < 1.29 is 14.3 Å². The highest BCUT2D eigenvalue weighted by atomic mass is 16.6. The quantitative estimate of drug-likeness (QED) is 0.530. The molecule has 4 nitrogen and oxygen atoms in total. The fourth-order valence-electron chi connectivity index (χ4n) is 1.88. The highest BCUT2D eigenvalue weighted by Crippen LogP contribution is 2.37. The zero-order chi connectivity index (χ0) is 10.7. The molecule has 0 bridgehead atoms. The minimum atomic E-state index is -0.154. The molecule has 0 unspecified atom stereocenters. The van der Waals surface area contributed by atoms with Crippen molar-refractivity contribution >= 4 is 6.09 Å². The Morgan fingerprint density at radius 3 is 2.67 bits per heavy atom. The Bertz CT molecular complexity index is 228. The molecule has 0 saturated carbocycles. The monoisotopic (exact) mass is 213 g/mol. The summed E-state index contributed by atoms with van der Waals surface area (Å²) >= 11 is 0. The normalized spacial score (nSPS) is 22.9.